The minimum absolute atomic E-state index is 0.123. The van der Waals surface area contributed by atoms with Crippen molar-refractivity contribution in [1.29, 1.82) is 0 Å². The summed E-state index contributed by atoms with van der Waals surface area (Å²) in [7, 11) is -1.95. The molecule has 0 saturated heterocycles. The number of pyridine rings is 1. The van der Waals surface area contributed by atoms with Crippen LogP contribution in [0.3, 0.4) is 0 Å². The van der Waals surface area contributed by atoms with Gasteiger partial charge in [0.25, 0.3) is 0 Å². The highest BCUT2D eigenvalue weighted by Crippen LogP contribution is 2.29. The van der Waals surface area contributed by atoms with Crippen LogP contribution in [0.25, 0.3) is 0 Å². The lowest BCUT2D eigenvalue weighted by atomic mass is 9.88. The fourth-order valence-electron chi connectivity index (χ4n) is 1.81. The van der Waals surface area contributed by atoms with Crippen LogP contribution in [-0.2, 0) is 10.0 Å². The first kappa shape index (κ1) is 16.9. The number of hydrogen-bond acceptors (Lipinski definition) is 4. The summed E-state index contributed by atoms with van der Waals surface area (Å²) in [6.07, 6.45) is 1.59. The van der Waals surface area contributed by atoms with Crippen LogP contribution in [0.15, 0.2) is 23.2 Å². The summed E-state index contributed by atoms with van der Waals surface area (Å²) < 4.78 is 26.9. The minimum atomic E-state index is -3.57. The molecule has 0 radical (unpaired) electrons. The average molecular weight is 299 g/mol. The lowest BCUT2D eigenvalue weighted by molar-refractivity contribution is 0.216. The quantitative estimate of drug-likeness (QED) is 0.907. The van der Waals surface area contributed by atoms with E-state index in [1.807, 2.05) is 34.6 Å². The predicted molar refractivity (Wildman–Crippen MR) is 82.3 cm³/mol. The van der Waals surface area contributed by atoms with Crippen molar-refractivity contribution in [2.75, 3.05) is 18.9 Å². The third-order valence-corrected chi connectivity index (χ3v) is 5.53. The topological polar surface area (TPSA) is 62.3 Å². The molecule has 1 atom stereocenters. The Morgan fingerprint density at radius 3 is 2.50 bits per heavy atom. The molecule has 0 amide bonds. The number of rotatable bonds is 5. The minimum Gasteiger partial charge on any atom is -0.369 e. The second-order valence-corrected chi connectivity index (χ2v) is 7.91. The van der Waals surface area contributed by atoms with Crippen molar-refractivity contribution in [3.05, 3.63) is 18.3 Å². The van der Waals surface area contributed by atoms with E-state index in [2.05, 4.69) is 10.3 Å². The molecule has 0 bridgehead atoms. The van der Waals surface area contributed by atoms with E-state index < -0.39 is 10.0 Å². The van der Waals surface area contributed by atoms with Crippen LogP contribution in [0.2, 0.25) is 0 Å². The van der Waals surface area contributed by atoms with Gasteiger partial charge in [0.05, 0.1) is 0 Å². The molecule has 0 fully saturated rings. The zero-order chi connectivity index (χ0) is 15.6. The van der Waals surface area contributed by atoms with Gasteiger partial charge in [0, 0.05) is 25.8 Å². The van der Waals surface area contributed by atoms with E-state index in [1.165, 1.54) is 4.31 Å². The average Bonchev–Trinajstić information content (AvgIpc) is 2.36. The van der Waals surface area contributed by atoms with E-state index in [-0.39, 0.29) is 16.4 Å². The number of hydrogen-bond donors (Lipinski definition) is 1. The molecule has 0 saturated carbocycles. The number of sulfonamides is 1. The van der Waals surface area contributed by atoms with Crippen molar-refractivity contribution in [3.63, 3.8) is 0 Å². The molecule has 20 heavy (non-hydrogen) atoms. The molecule has 1 aromatic heterocycles. The Balaban J connectivity index is 3.24. The van der Waals surface area contributed by atoms with E-state index in [1.54, 1.807) is 25.4 Å². The molecule has 0 spiro atoms. The molecule has 1 rings (SSSR count). The van der Waals surface area contributed by atoms with Crippen molar-refractivity contribution in [1.82, 2.24) is 9.29 Å². The lowest BCUT2D eigenvalue weighted by Crippen LogP contribution is -2.43. The van der Waals surface area contributed by atoms with Gasteiger partial charge in [-0.25, -0.2) is 13.4 Å². The number of nitrogens with zero attached hydrogens (tertiary/aromatic N) is 2. The largest absolute Gasteiger partial charge is 0.369 e. The van der Waals surface area contributed by atoms with E-state index in [4.69, 9.17) is 0 Å². The Morgan fingerprint density at radius 2 is 2.00 bits per heavy atom. The van der Waals surface area contributed by atoms with E-state index >= 15 is 0 Å². The maximum absolute atomic E-state index is 12.8. The summed E-state index contributed by atoms with van der Waals surface area (Å²) in [5, 5.41) is 3.00. The molecule has 1 unspecified atom stereocenters. The van der Waals surface area contributed by atoms with Crippen molar-refractivity contribution in [3.8, 4) is 0 Å². The van der Waals surface area contributed by atoms with Gasteiger partial charge in [-0.15, -0.1) is 0 Å². The van der Waals surface area contributed by atoms with Crippen molar-refractivity contribution in [2.24, 2.45) is 5.41 Å². The Labute approximate surface area is 122 Å². The maximum atomic E-state index is 12.8. The van der Waals surface area contributed by atoms with E-state index in [9.17, 15) is 8.42 Å². The zero-order valence-electron chi connectivity index (χ0n) is 13.1. The summed E-state index contributed by atoms with van der Waals surface area (Å²) in [6.45, 7) is 10.5. The molecular weight excluding hydrogens is 274 g/mol. The summed E-state index contributed by atoms with van der Waals surface area (Å²) >= 11 is 0. The van der Waals surface area contributed by atoms with Gasteiger partial charge in [-0.1, -0.05) is 20.8 Å². The van der Waals surface area contributed by atoms with Crippen molar-refractivity contribution < 1.29 is 8.42 Å². The van der Waals surface area contributed by atoms with Gasteiger partial charge in [0.2, 0.25) is 10.0 Å². The number of aromatic nitrogens is 1. The van der Waals surface area contributed by atoms with Crippen LogP contribution in [0, 0.1) is 5.41 Å². The van der Waals surface area contributed by atoms with Gasteiger partial charge in [-0.05, 0) is 31.4 Å². The van der Waals surface area contributed by atoms with Crippen LogP contribution in [-0.4, -0.2) is 37.3 Å². The van der Waals surface area contributed by atoms with Gasteiger partial charge in [0.1, 0.15) is 10.7 Å². The van der Waals surface area contributed by atoms with Gasteiger partial charge >= 0.3 is 0 Å². The molecule has 0 aliphatic rings. The van der Waals surface area contributed by atoms with Gasteiger partial charge in [-0.2, -0.15) is 4.31 Å². The lowest BCUT2D eigenvalue weighted by Gasteiger charge is -2.34. The summed E-state index contributed by atoms with van der Waals surface area (Å²) in [4.78, 5) is 4.34. The molecule has 114 valence electrons. The summed E-state index contributed by atoms with van der Waals surface area (Å²) in [5.41, 5.74) is -0.137. The first-order valence-electron chi connectivity index (χ1n) is 6.79. The van der Waals surface area contributed by atoms with E-state index in [0.717, 1.165) is 0 Å². The molecule has 5 nitrogen and oxygen atoms in total. The third kappa shape index (κ3) is 3.49. The molecular formula is C14H25N3O2S. The summed E-state index contributed by atoms with van der Waals surface area (Å²) in [5.74, 6) is 0.406. The molecule has 0 aliphatic heterocycles. The Hall–Kier alpha value is -1.14. The molecule has 1 heterocycles. The van der Waals surface area contributed by atoms with Crippen LogP contribution in [0.4, 0.5) is 5.82 Å². The monoisotopic (exact) mass is 299 g/mol. The van der Waals surface area contributed by atoms with Gasteiger partial charge < -0.3 is 5.32 Å². The fourth-order valence-corrected chi connectivity index (χ4v) is 3.47. The normalized spacial score (nSPS) is 14.3. The highest BCUT2D eigenvalue weighted by Gasteiger charge is 2.33. The van der Waals surface area contributed by atoms with Crippen LogP contribution < -0.4 is 5.32 Å². The zero-order valence-corrected chi connectivity index (χ0v) is 14.0. The highest BCUT2D eigenvalue weighted by molar-refractivity contribution is 7.89. The van der Waals surface area contributed by atoms with Crippen LogP contribution in [0.1, 0.15) is 34.6 Å². The molecule has 6 heteroatoms. The first-order chi connectivity index (χ1) is 9.12. The van der Waals surface area contributed by atoms with Crippen LogP contribution in [0.5, 0.6) is 0 Å². The Kier molecular flexibility index (Phi) is 5.15. The fraction of sp³-hybridized carbons (Fsp3) is 0.643. The highest BCUT2D eigenvalue weighted by atomic mass is 32.2. The molecule has 0 aliphatic carbocycles. The SMILES string of the molecule is CCNc1ncccc1S(=O)(=O)N(C)C(C)C(C)(C)C. The van der Waals surface area contributed by atoms with Gasteiger partial charge in [-0.3, -0.25) is 0 Å². The van der Waals surface area contributed by atoms with E-state index in [0.29, 0.717) is 12.4 Å². The first-order valence-corrected chi connectivity index (χ1v) is 8.23. The van der Waals surface area contributed by atoms with Crippen molar-refractivity contribution >= 4 is 15.8 Å². The Bertz CT molecular complexity index is 550. The molecule has 1 aromatic rings. The second-order valence-electron chi connectivity index (χ2n) is 5.94. The van der Waals surface area contributed by atoms with Gasteiger partial charge in [0.15, 0.2) is 0 Å². The standard InChI is InChI=1S/C14H25N3O2S/c1-7-15-13-12(9-8-10-16-13)20(18,19)17(6)11(2)14(3,4)5/h8-11H,7H2,1-6H3,(H,15,16). The molecule has 0 aromatic carbocycles. The third-order valence-electron chi connectivity index (χ3n) is 3.57. The molecule has 1 N–H and O–H groups in total. The Morgan fingerprint density at radius 1 is 1.40 bits per heavy atom. The predicted octanol–water partition coefficient (Wildman–Crippen LogP) is 2.57. The van der Waals surface area contributed by atoms with Crippen molar-refractivity contribution in [2.45, 2.75) is 45.6 Å². The number of anilines is 1. The summed E-state index contributed by atoms with van der Waals surface area (Å²) in [6, 6.07) is 3.11. The maximum Gasteiger partial charge on any atom is 0.246 e. The number of nitrogens with one attached hydrogen (secondary N) is 1. The smallest absolute Gasteiger partial charge is 0.246 e. The second kappa shape index (κ2) is 6.10. The van der Waals surface area contributed by atoms with Crippen LogP contribution >= 0.6 is 0 Å².